The summed E-state index contributed by atoms with van der Waals surface area (Å²) in [6.45, 7) is 4.79. The van der Waals surface area contributed by atoms with Crippen molar-refractivity contribution in [2.75, 3.05) is 37.0 Å². The Kier molecular flexibility index (Phi) is 7.67. The number of piperidine rings is 1. The first-order chi connectivity index (χ1) is 13.1. The van der Waals surface area contributed by atoms with Crippen LogP contribution < -0.4 is 9.80 Å². The summed E-state index contributed by atoms with van der Waals surface area (Å²) in [6, 6.07) is 6.15. The van der Waals surface area contributed by atoms with Crippen LogP contribution in [0.25, 0.3) is 0 Å². The van der Waals surface area contributed by atoms with Gasteiger partial charge in [-0.3, -0.25) is 24.2 Å². The second-order valence-electron chi connectivity index (χ2n) is 7.16. The van der Waals surface area contributed by atoms with Crippen LogP contribution in [0.4, 0.5) is 11.4 Å². The van der Waals surface area contributed by atoms with Crippen molar-refractivity contribution in [3.8, 4) is 0 Å². The van der Waals surface area contributed by atoms with Gasteiger partial charge in [0.2, 0.25) is 11.8 Å². The zero-order valence-electron chi connectivity index (χ0n) is 16.6. The van der Waals surface area contributed by atoms with E-state index in [-0.39, 0.29) is 16.4 Å². The molecule has 0 bridgehead atoms. The number of rotatable bonds is 7. The number of likely N-dealkylation sites (N-methyl/N-ethyl adjacent to an activating group) is 2. The van der Waals surface area contributed by atoms with Gasteiger partial charge >= 0.3 is 0 Å². The first kappa shape index (κ1) is 22.4. The van der Waals surface area contributed by atoms with Crippen LogP contribution in [0.3, 0.4) is 0 Å². The van der Waals surface area contributed by atoms with Crippen molar-refractivity contribution >= 4 is 34.5 Å². The summed E-state index contributed by atoms with van der Waals surface area (Å²) in [4.78, 5) is 30.0. The van der Waals surface area contributed by atoms with Gasteiger partial charge in [0.25, 0.3) is 11.3 Å². The van der Waals surface area contributed by atoms with Crippen LogP contribution >= 0.6 is 0 Å². The zero-order valence-corrected chi connectivity index (χ0v) is 17.4. The molecule has 2 unspecified atom stereocenters. The highest BCUT2D eigenvalue weighted by molar-refractivity contribution is 7.76. The van der Waals surface area contributed by atoms with E-state index in [2.05, 4.69) is 0 Å². The second-order valence-corrected chi connectivity index (χ2v) is 7.99. The number of nitrogens with zero attached hydrogens (tertiary/aromatic N) is 4. The molecule has 1 saturated heterocycles. The molecule has 1 aromatic carbocycles. The summed E-state index contributed by atoms with van der Waals surface area (Å²) in [5, 5.41) is 9.66. The van der Waals surface area contributed by atoms with E-state index >= 15 is 0 Å². The van der Waals surface area contributed by atoms with Gasteiger partial charge in [-0.05, 0) is 58.0 Å². The van der Waals surface area contributed by atoms with E-state index in [1.54, 1.807) is 36.2 Å². The van der Waals surface area contributed by atoms with Crippen LogP contribution in [0.15, 0.2) is 24.3 Å². The molecule has 0 aliphatic carbocycles. The van der Waals surface area contributed by atoms with Crippen LogP contribution in [0, 0.1) is 0 Å². The highest BCUT2D eigenvalue weighted by Crippen LogP contribution is 2.26. The molecule has 9 nitrogen and oxygen atoms in total. The Morgan fingerprint density at radius 3 is 2.43 bits per heavy atom. The van der Waals surface area contributed by atoms with Gasteiger partial charge in [0.05, 0.1) is 6.54 Å². The summed E-state index contributed by atoms with van der Waals surface area (Å²) in [5.74, 6) is -0.480. The number of carbonyl (C=O) groups excluding carboxylic acids is 2. The summed E-state index contributed by atoms with van der Waals surface area (Å²) >= 11 is -2.63. The summed E-state index contributed by atoms with van der Waals surface area (Å²) in [7, 11) is 3.59. The van der Waals surface area contributed by atoms with E-state index in [0.29, 0.717) is 37.3 Å². The van der Waals surface area contributed by atoms with Gasteiger partial charge in [-0.25, -0.2) is 4.21 Å². The lowest BCUT2D eigenvalue weighted by Crippen LogP contribution is -2.52. The van der Waals surface area contributed by atoms with Gasteiger partial charge in [0.15, 0.2) is 0 Å². The van der Waals surface area contributed by atoms with Gasteiger partial charge in [0.1, 0.15) is 6.04 Å². The van der Waals surface area contributed by atoms with Gasteiger partial charge < -0.3 is 9.80 Å². The highest BCUT2D eigenvalue weighted by Gasteiger charge is 2.36. The number of carbonyl (C=O) groups is 2. The Morgan fingerprint density at radius 2 is 1.89 bits per heavy atom. The molecule has 2 atom stereocenters. The van der Waals surface area contributed by atoms with E-state index in [9.17, 15) is 19.0 Å². The highest BCUT2D eigenvalue weighted by atomic mass is 32.2. The van der Waals surface area contributed by atoms with Crippen LogP contribution in [0.1, 0.15) is 26.7 Å². The quantitative estimate of drug-likeness (QED) is 0.517. The predicted octanol–water partition coefficient (Wildman–Crippen LogP) is 1.31. The molecule has 0 spiro atoms. The Bertz CT molecular complexity index is 727. The third-order valence-electron chi connectivity index (χ3n) is 5.03. The molecule has 1 aliphatic rings. The Morgan fingerprint density at radius 1 is 1.29 bits per heavy atom. The van der Waals surface area contributed by atoms with Crippen molar-refractivity contribution in [1.82, 2.24) is 9.37 Å². The third kappa shape index (κ3) is 5.15. The fraction of sp³-hybridized carbons (Fsp3) is 0.556. The predicted molar refractivity (Wildman–Crippen MR) is 107 cm³/mol. The minimum Gasteiger partial charge on any atom is -0.314 e. The topological polar surface area (TPSA) is 105 Å². The van der Waals surface area contributed by atoms with Crippen molar-refractivity contribution in [1.29, 1.82) is 0 Å². The summed E-state index contributed by atoms with van der Waals surface area (Å²) in [5.41, 5.74) is 1.31. The molecule has 2 amide bonds. The SMILES string of the molecule is CC(C)N(C)CC(=O)N(C)c1ccc(N2CCCC(N(O)S(=O)O)C2=O)cc1. The number of hydrogen-bond donors (Lipinski definition) is 2. The molecule has 0 saturated carbocycles. The van der Waals surface area contributed by atoms with E-state index in [1.807, 2.05) is 25.8 Å². The summed E-state index contributed by atoms with van der Waals surface area (Å²) in [6.07, 6.45) is 0.892. The Hall–Kier alpha value is -1.85. The van der Waals surface area contributed by atoms with Gasteiger partial charge in [0, 0.05) is 31.0 Å². The molecule has 10 heteroatoms. The van der Waals surface area contributed by atoms with Crippen LogP contribution in [-0.4, -0.2) is 74.4 Å². The molecule has 156 valence electrons. The van der Waals surface area contributed by atoms with Crippen molar-refractivity contribution in [2.24, 2.45) is 0 Å². The maximum atomic E-state index is 12.6. The van der Waals surface area contributed by atoms with Crippen LogP contribution in [0.5, 0.6) is 0 Å². The molecule has 1 heterocycles. The molecule has 28 heavy (non-hydrogen) atoms. The first-order valence-corrected chi connectivity index (χ1v) is 10.2. The van der Waals surface area contributed by atoms with Crippen LogP contribution in [0.2, 0.25) is 0 Å². The lowest BCUT2D eigenvalue weighted by molar-refractivity contribution is -0.134. The number of amides is 2. The van der Waals surface area contributed by atoms with E-state index in [0.717, 1.165) is 0 Å². The molecule has 2 N–H and O–H groups in total. The standard InChI is InChI=1S/C18H28N4O5S/c1-13(2)19(3)12-17(23)20(4)14-7-9-15(10-8-14)21-11-5-6-16(18(21)24)22(25)28(26)27/h7-10,13,16,25H,5-6,11-12H2,1-4H3,(H,26,27). The molecule has 0 aromatic heterocycles. The smallest absolute Gasteiger partial charge is 0.259 e. The Balaban J connectivity index is 2.10. The molecular weight excluding hydrogens is 384 g/mol. The number of hydroxylamine groups is 1. The normalized spacial score (nSPS) is 18.8. The average molecular weight is 413 g/mol. The zero-order chi connectivity index (χ0) is 21.0. The maximum absolute atomic E-state index is 12.6. The number of hydrogen-bond acceptors (Lipinski definition) is 5. The first-order valence-electron chi connectivity index (χ1n) is 9.10. The van der Waals surface area contributed by atoms with Crippen molar-refractivity contribution in [2.45, 2.75) is 38.8 Å². The van der Waals surface area contributed by atoms with Gasteiger partial charge in [-0.15, -0.1) is 0 Å². The van der Waals surface area contributed by atoms with Crippen LogP contribution in [-0.2, 0) is 20.9 Å². The molecule has 1 fully saturated rings. The van der Waals surface area contributed by atoms with E-state index in [1.165, 1.54) is 4.90 Å². The number of benzene rings is 1. The largest absolute Gasteiger partial charge is 0.314 e. The fourth-order valence-corrected chi connectivity index (χ4v) is 3.34. The number of anilines is 2. The van der Waals surface area contributed by atoms with Crippen molar-refractivity contribution in [3.05, 3.63) is 24.3 Å². The van der Waals surface area contributed by atoms with Gasteiger partial charge in [-0.1, -0.05) is 4.47 Å². The van der Waals surface area contributed by atoms with E-state index in [4.69, 9.17) is 4.55 Å². The van der Waals surface area contributed by atoms with Crippen molar-refractivity contribution < 1.29 is 23.6 Å². The monoisotopic (exact) mass is 412 g/mol. The molecule has 2 rings (SSSR count). The second kappa shape index (κ2) is 9.57. The summed E-state index contributed by atoms with van der Waals surface area (Å²) < 4.78 is 20.3. The minimum absolute atomic E-state index is 0.0422. The maximum Gasteiger partial charge on any atom is 0.259 e. The molecular formula is C18H28N4O5S. The van der Waals surface area contributed by atoms with Gasteiger partial charge in [-0.2, -0.15) is 0 Å². The average Bonchev–Trinajstić information content (AvgIpc) is 2.67. The minimum atomic E-state index is -2.63. The third-order valence-corrected chi connectivity index (χ3v) is 5.60. The molecule has 0 radical (unpaired) electrons. The van der Waals surface area contributed by atoms with E-state index < -0.39 is 23.2 Å². The lowest BCUT2D eigenvalue weighted by Gasteiger charge is -2.34. The van der Waals surface area contributed by atoms with Crippen molar-refractivity contribution in [3.63, 3.8) is 0 Å². The molecule has 1 aromatic rings. The molecule has 1 aliphatic heterocycles. The Labute approximate surface area is 167 Å². The fourth-order valence-electron chi connectivity index (χ4n) is 2.93. The lowest BCUT2D eigenvalue weighted by atomic mass is 10.0.